The lowest BCUT2D eigenvalue weighted by molar-refractivity contribution is 0.0376. The third-order valence-corrected chi connectivity index (χ3v) is 6.44. The minimum Gasteiger partial charge on any atom is -0.497 e. The number of thiazole rings is 1. The number of nitrogens with zero attached hydrogens (tertiary/aromatic N) is 3. The summed E-state index contributed by atoms with van der Waals surface area (Å²) in [4.78, 5) is 22.5. The lowest BCUT2D eigenvalue weighted by Crippen LogP contribution is -2.39. The Balaban J connectivity index is 1.53. The number of morpholine rings is 1. The molecule has 1 aliphatic rings. The van der Waals surface area contributed by atoms with Crippen LogP contribution < -0.4 is 9.64 Å². The van der Waals surface area contributed by atoms with E-state index in [1.54, 1.807) is 7.11 Å². The summed E-state index contributed by atoms with van der Waals surface area (Å²) >= 11 is 1.50. The predicted octanol–water partition coefficient (Wildman–Crippen LogP) is 4.50. The first-order valence-corrected chi connectivity index (χ1v) is 11.8. The minimum absolute atomic E-state index is 0.00805. The molecule has 1 fully saturated rings. The summed E-state index contributed by atoms with van der Waals surface area (Å²) in [6.07, 6.45) is 0.884. The van der Waals surface area contributed by atoms with E-state index < -0.39 is 0 Å². The molecular formula is C25H29N3O3S. The van der Waals surface area contributed by atoms with E-state index >= 15 is 0 Å². The highest BCUT2D eigenvalue weighted by atomic mass is 32.1. The molecule has 32 heavy (non-hydrogen) atoms. The maximum Gasteiger partial charge on any atom is 0.260 e. The van der Waals surface area contributed by atoms with E-state index in [1.807, 2.05) is 65.7 Å². The van der Waals surface area contributed by atoms with Gasteiger partial charge < -0.3 is 9.47 Å². The number of aryl methyl sites for hydroxylation is 1. The molecule has 0 aliphatic carbocycles. The summed E-state index contributed by atoms with van der Waals surface area (Å²) < 4.78 is 10.7. The Labute approximate surface area is 193 Å². The third kappa shape index (κ3) is 5.54. The van der Waals surface area contributed by atoms with Gasteiger partial charge >= 0.3 is 0 Å². The van der Waals surface area contributed by atoms with Crippen molar-refractivity contribution in [3.8, 4) is 17.0 Å². The second kappa shape index (κ2) is 10.7. The van der Waals surface area contributed by atoms with Gasteiger partial charge in [-0.2, -0.15) is 0 Å². The van der Waals surface area contributed by atoms with E-state index in [0.717, 1.165) is 67.0 Å². The molecule has 168 valence electrons. The Kier molecular flexibility index (Phi) is 7.52. The summed E-state index contributed by atoms with van der Waals surface area (Å²) in [7, 11) is 1.65. The minimum atomic E-state index is -0.00805. The molecule has 1 saturated heterocycles. The van der Waals surface area contributed by atoms with Crippen LogP contribution in [0.2, 0.25) is 0 Å². The van der Waals surface area contributed by atoms with Crippen LogP contribution in [0.4, 0.5) is 5.13 Å². The fourth-order valence-electron chi connectivity index (χ4n) is 3.78. The number of ether oxygens (including phenoxy) is 2. The second-order valence-electron chi connectivity index (χ2n) is 7.88. The van der Waals surface area contributed by atoms with E-state index in [0.29, 0.717) is 12.1 Å². The summed E-state index contributed by atoms with van der Waals surface area (Å²) in [5.41, 5.74) is 3.63. The van der Waals surface area contributed by atoms with Crippen molar-refractivity contribution in [1.82, 2.24) is 9.88 Å². The van der Waals surface area contributed by atoms with Crippen LogP contribution in [0, 0.1) is 6.92 Å². The lowest BCUT2D eigenvalue weighted by Gasteiger charge is -2.27. The van der Waals surface area contributed by atoms with Crippen LogP contribution in [-0.4, -0.2) is 62.3 Å². The Bertz CT molecular complexity index is 1030. The molecule has 6 nitrogen and oxygen atoms in total. The van der Waals surface area contributed by atoms with Crippen LogP contribution in [-0.2, 0) is 4.74 Å². The van der Waals surface area contributed by atoms with Gasteiger partial charge in [0.2, 0.25) is 0 Å². The first-order chi connectivity index (χ1) is 15.6. The highest BCUT2D eigenvalue weighted by Gasteiger charge is 2.22. The SMILES string of the molecule is COc1ccc(-c2csc(N(CCCN3CCOCC3)C(=O)c3cccc(C)c3)n2)cc1. The van der Waals surface area contributed by atoms with Crippen LogP contribution in [0.15, 0.2) is 53.9 Å². The summed E-state index contributed by atoms with van der Waals surface area (Å²) in [5.74, 6) is 0.801. The number of amides is 1. The van der Waals surface area contributed by atoms with Crippen molar-refractivity contribution in [2.75, 3.05) is 51.4 Å². The quantitative estimate of drug-likeness (QED) is 0.505. The molecule has 0 unspecified atom stereocenters. The van der Waals surface area contributed by atoms with Crippen LogP contribution in [0.5, 0.6) is 5.75 Å². The molecule has 3 aromatic rings. The average molecular weight is 452 g/mol. The Hall–Kier alpha value is -2.74. The Morgan fingerprint density at radius 3 is 2.69 bits per heavy atom. The van der Waals surface area contributed by atoms with E-state index in [-0.39, 0.29) is 5.91 Å². The van der Waals surface area contributed by atoms with Gasteiger partial charge in [0.25, 0.3) is 5.91 Å². The maximum absolute atomic E-state index is 13.5. The molecule has 0 N–H and O–H groups in total. The summed E-state index contributed by atoms with van der Waals surface area (Å²) in [6, 6.07) is 15.6. The average Bonchev–Trinajstić information content (AvgIpc) is 3.32. The molecule has 1 aromatic heterocycles. The van der Waals surface area contributed by atoms with Crippen molar-refractivity contribution in [1.29, 1.82) is 0 Å². The number of rotatable bonds is 8. The molecule has 0 spiro atoms. The van der Waals surface area contributed by atoms with Crippen molar-refractivity contribution < 1.29 is 14.3 Å². The van der Waals surface area contributed by atoms with Crippen LogP contribution in [0.25, 0.3) is 11.3 Å². The predicted molar refractivity (Wildman–Crippen MR) is 129 cm³/mol. The van der Waals surface area contributed by atoms with E-state index in [9.17, 15) is 4.79 Å². The van der Waals surface area contributed by atoms with E-state index in [2.05, 4.69) is 4.90 Å². The fraction of sp³-hybridized carbons (Fsp3) is 0.360. The van der Waals surface area contributed by atoms with E-state index in [1.165, 1.54) is 11.3 Å². The molecule has 0 bridgehead atoms. The first kappa shape index (κ1) is 22.5. The number of hydrogen-bond donors (Lipinski definition) is 0. The number of anilines is 1. The molecule has 0 atom stereocenters. The molecular weight excluding hydrogens is 422 g/mol. The van der Waals surface area contributed by atoms with Gasteiger partial charge in [-0.15, -0.1) is 11.3 Å². The summed E-state index contributed by atoms with van der Waals surface area (Å²) in [5, 5.41) is 2.74. The largest absolute Gasteiger partial charge is 0.497 e. The molecule has 4 rings (SSSR count). The first-order valence-electron chi connectivity index (χ1n) is 10.9. The number of aromatic nitrogens is 1. The maximum atomic E-state index is 13.5. The van der Waals surface area contributed by atoms with Crippen molar-refractivity contribution in [3.05, 3.63) is 65.0 Å². The lowest BCUT2D eigenvalue weighted by atomic mass is 10.1. The molecule has 2 heterocycles. The zero-order valence-corrected chi connectivity index (χ0v) is 19.4. The number of carbonyl (C=O) groups excluding carboxylic acids is 1. The molecule has 2 aromatic carbocycles. The molecule has 1 amide bonds. The zero-order valence-electron chi connectivity index (χ0n) is 18.6. The van der Waals surface area contributed by atoms with Gasteiger partial charge in [0.15, 0.2) is 5.13 Å². The van der Waals surface area contributed by atoms with Crippen LogP contribution in [0.3, 0.4) is 0 Å². The van der Waals surface area contributed by atoms with Gasteiger partial charge in [-0.1, -0.05) is 17.7 Å². The van der Waals surface area contributed by atoms with Crippen molar-refractivity contribution in [2.45, 2.75) is 13.3 Å². The highest BCUT2D eigenvalue weighted by Crippen LogP contribution is 2.29. The Morgan fingerprint density at radius 2 is 1.97 bits per heavy atom. The van der Waals surface area contributed by atoms with Gasteiger partial charge in [0, 0.05) is 42.7 Å². The normalized spacial score (nSPS) is 14.3. The monoisotopic (exact) mass is 451 g/mol. The number of methoxy groups -OCH3 is 1. The van der Waals surface area contributed by atoms with Gasteiger partial charge in [0.1, 0.15) is 5.75 Å². The van der Waals surface area contributed by atoms with Crippen molar-refractivity contribution >= 4 is 22.4 Å². The van der Waals surface area contributed by atoms with Crippen LogP contribution >= 0.6 is 11.3 Å². The van der Waals surface area contributed by atoms with Gasteiger partial charge in [-0.05, 0) is 49.7 Å². The van der Waals surface area contributed by atoms with Crippen molar-refractivity contribution in [3.63, 3.8) is 0 Å². The van der Waals surface area contributed by atoms with Gasteiger partial charge in [-0.25, -0.2) is 4.98 Å². The zero-order chi connectivity index (χ0) is 22.3. The fourth-order valence-corrected chi connectivity index (χ4v) is 4.64. The van der Waals surface area contributed by atoms with Crippen molar-refractivity contribution in [2.24, 2.45) is 0 Å². The third-order valence-electron chi connectivity index (χ3n) is 5.58. The van der Waals surface area contributed by atoms with E-state index in [4.69, 9.17) is 14.5 Å². The highest BCUT2D eigenvalue weighted by molar-refractivity contribution is 7.14. The number of carbonyl (C=O) groups is 1. The number of benzene rings is 2. The molecule has 0 radical (unpaired) electrons. The van der Waals surface area contributed by atoms with Gasteiger partial charge in [-0.3, -0.25) is 14.6 Å². The molecule has 7 heteroatoms. The molecule has 1 aliphatic heterocycles. The smallest absolute Gasteiger partial charge is 0.260 e. The van der Waals surface area contributed by atoms with Gasteiger partial charge in [0.05, 0.1) is 26.0 Å². The Morgan fingerprint density at radius 1 is 1.19 bits per heavy atom. The summed E-state index contributed by atoms with van der Waals surface area (Å²) in [6.45, 7) is 7.03. The standard InChI is InChI=1S/C25H29N3O3S/c1-19-5-3-6-21(17-19)24(29)28(12-4-11-27-13-15-31-16-14-27)25-26-23(18-32-25)20-7-9-22(30-2)10-8-20/h3,5-10,17-18H,4,11-16H2,1-2H3. The van der Waals surface area contributed by atoms with Crippen LogP contribution in [0.1, 0.15) is 22.3 Å². The second-order valence-corrected chi connectivity index (χ2v) is 8.71. The topological polar surface area (TPSA) is 54.9 Å². The number of hydrogen-bond acceptors (Lipinski definition) is 6. The molecule has 0 saturated carbocycles.